The molecule has 0 saturated heterocycles. The summed E-state index contributed by atoms with van der Waals surface area (Å²) in [5.41, 5.74) is 1.98. The molecule has 0 amide bonds. The van der Waals surface area contributed by atoms with E-state index in [4.69, 9.17) is 4.74 Å². The first kappa shape index (κ1) is 13.0. The van der Waals surface area contributed by atoms with Crippen LogP contribution in [0.25, 0.3) is 0 Å². The number of hydrogen-bond donors (Lipinski definition) is 0. The average molecular weight is 300 g/mol. The van der Waals surface area contributed by atoms with Crippen molar-refractivity contribution in [1.29, 1.82) is 0 Å². The van der Waals surface area contributed by atoms with Crippen LogP contribution in [0, 0.1) is 0 Å². The van der Waals surface area contributed by atoms with Crippen LogP contribution in [-0.2, 0) is 13.0 Å². The number of ether oxygens (including phenoxy) is 1. The number of hydrogen-bond acceptors (Lipinski definition) is 4. The normalized spacial score (nSPS) is 20.3. The zero-order chi connectivity index (χ0) is 14.2. The van der Waals surface area contributed by atoms with Crippen LogP contribution >= 0.6 is 11.8 Å². The Morgan fingerprint density at radius 3 is 3.00 bits per heavy atom. The Hall–Kier alpha value is -1.75. The summed E-state index contributed by atoms with van der Waals surface area (Å²) >= 11 is 1.64. The first-order valence-electron chi connectivity index (χ1n) is 7.31. The van der Waals surface area contributed by atoms with Gasteiger partial charge in [0, 0.05) is 12.3 Å². The van der Waals surface area contributed by atoms with E-state index in [1.54, 1.807) is 16.3 Å². The summed E-state index contributed by atoms with van der Waals surface area (Å²) in [5, 5.41) is 0.804. The number of thioether (sulfide) groups is 1. The van der Waals surface area contributed by atoms with Gasteiger partial charge in [-0.3, -0.25) is 9.36 Å². The molecule has 0 saturated carbocycles. The standard InChI is InChI=1S/C16H16N2O2S/c19-15-12-7-8-13(11-5-2-1-3-6-11)20-14(12)17-16-18(15)9-4-10-21-16/h1-3,5-6,13H,4,7-10H2/t13-/m0/s1. The molecule has 2 aromatic rings. The Morgan fingerprint density at radius 2 is 2.14 bits per heavy atom. The molecule has 1 aromatic heterocycles. The topological polar surface area (TPSA) is 44.1 Å². The minimum absolute atomic E-state index is 0.00207. The highest BCUT2D eigenvalue weighted by Crippen LogP contribution is 2.34. The van der Waals surface area contributed by atoms with E-state index in [1.165, 1.54) is 0 Å². The molecular weight excluding hydrogens is 284 g/mol. The van der Waals surface area contributed by atoms with Gasteiger partial charge in [-0.2, -0.15) is 4.98 Å². The van der Waals surface area contributed by atoms with Crippen molar-refractivity contribution in [3.8, 4) is 5.88 Å². The smallest absolute Gasteiger partial charge is 0.261 e. The molecule has 0 unspecified atom stereocenters. The highest BCUT2D eigenvalue weighted by Gasteiger charge is 2.27. The van der Waals surface area contributed by atoms with Crippen molar-refractivity contribution in [2.75, 3.05) is 5.75 Å². The summed E-state index contributed by atoms with van der Waals surface area (Å²) in [7, 11) is 0. The Kier molecular flexibility index (Phi) is 3.22. The lowest BCUT2D eigenvalue weighted by atomic mass is 10.00. The van der Waals surface area contributed by atoms with E-state index in [0.29, 0.717) is 5.88 Å². The van der Waals surface area contributed by atoms with Gasteiger partial charge in [0.05, 0.1) is 5.56 Å². The van der Waals surface area contributed by atoms with E-state index in [-0.39, 0.29) is 11.7 Å². The highest BCUT2D eigenvalue weighted by molar-refractivity contribution is 7.99. The fourth-order valence-electron chi connectivity index (χ4n) is 2.93. The van der Waals surface area contributed by atoms with Gasteiger partial charge in [-0.05, 0) is 24.8 Å². The maximum Gasteiger partial charge on any atom is 0.261 e. The van der Waals surface area contributed by atoms with Gasteiger partial charge in [0.1, 0.15) is 6.10 Å². The summed E-state index contributed by atoms with van der Waals surface area (Å²) in [6.45, 7) is 0.781. The van der Waals surface area contributed by atoms with Crippen LogP contribution in [0.3, 0.4) is 0 Å². The van der Waals surface area contributed by atoms with E-state index < -0.39 is 0 Å². The number of rotatable bonds is 1. The first-order chi connectivity index (χ1) is 10.3. The summed E-state index contributed by atoms with van der Waals surface area (Å²) in [6.07, 6.45) is 2.61. The van der Waals surface area contributed by atoms with Crippen molar-refractivity contribution < 1.29 is 4.74 Å². The maximum absolute atomic E-state index is 12.5. The van der Waals surface area contributed by atoms with E-state index >= 15 is 0 Å². The summed E-state index contributed by atoms with van der Waals surface area (Å²) in [4.78, 5) is 17.1. The molecule has 0 fully saturated rings. The van der Waals surface area contributed by atoms with Crippen LogP contribution in [0.4, 0.5) is 0 Å². The van der Waals surface area contributed by atoms with E-state index in [2.05, 4.69) is 17.1 Å². The molecule has 0 N–H and O–H groups in total. The third-order valence-corrected chi connectivity index (χ3v) is 5.09. The second kappa shape index (κ2) is 5.22. The van der Waals surface area contributed by atoms with Crippen molar-refractivity contribution in [2.24, 2.45) is 0 Å². The summed E-state index contributed by atoms with van der Waals surface area (Å²) in [5.74, 6) is 1.56. The average Bonchev–Trinajstić information content (AvgIpc) is 2.55. The lowest BCUT2D eigenvalue weighted by Gasteiger charge is -2.27. The van der Waals surface area contributed by atoms with Crippen LogP contribution < -0.4 is 10.3 Å². The first-order valence-corrected chi connectivity index (χ1v) is 8.29. The predicted octanol–water partition coefficient (Wildman–Crippen LogP) is 2.81. The molecule has 1 atom stereocenters. The molecule has 0 spiro atoms. The number of benzene rings is 1. The lowest BCUT2D eigenvalue weighted by molar-refractivity contribution is 0.163. The van der Waals surface area contributed by atoms with Crippen LogP contribution in [0.1, 0.15) is 30.1 Å². The van der Waals surface area contributed by atoms with Gasteiger partial charge < -0.3 is 4.74 Å². The van der Waals surface area contributed by atoms with Gasteiger partial charge in [-0.15, -0.1) is 0 Å². The van der Waals surface area contributed by atoms with Crippen molar-refractivity contribution in [2.45, 2.75) is 37.1 Å². The monoisotopic (exact) mass is 300 g/mol. The molecule has 21 heavy (non-hydrogen) atoms. The maximum atomic E-state index is 12.5. The minimum Gasteiger partial charge on any atom is -0.469 e. The molecule has 0 bridgehead atoms. The molecule has 4 rings (SSSR count). The summed E-state index contributed by atoms with van der Waals surface area (Å²) < 4.78 is 7.83. The van der Waals surface area contributed by atoms with Gasteiger partial charge in [-0.25, -0.2) is 0 Å². The molecule has 4 nitrogen and oxygen atoms in total. The van der Waals surface area contributed by atoms with Crippen molar-refractivity contribution >= 4 is 11.8 Å². The molecule has 0 radical (unpaired) electrons. The zero-order valence-electron chi connectivity index (χ0n) is 11.6. The molecule has 3 heterocycles. The number of fused-ring (bicyclic) bond motifs is 2. The van der Waals surface area contributed by atoms with Gasteiger partial charge in [-0.1, -0.05) is 42.1 Å². The van der Waals surface area contributed by atoms with Crippen LogP contribution in [0.5, 0.6) is 5.88 Å². The fourth-order valence-corrected chi connectivity index (χ4v) is 3.87. The number of aromatic nitrogens is 2. The molecular formula is C16H16N2O2S. The lowest BCUT2D eigenvalue weighted by Crippen LogP contribution is -2.32. The van der Waals surface area contributed by atoms with Crippen molar-refractivity contribution in [1.82, 2.24) is 9.55 Å². The Bertz CT molecular complexity index is 727. The Labute approximate surface area is 127 Å². The highest BCUT2D eigenvalue weighted by atomic mass is 32.2. The van der Waals surface area contributed by atoms with Gasteiger partial charge in [0.2, 0.25) is 5.88 Å². The second-order valence-electron chi connectivity index (χ2n) is 5.39. The van der Waals surface area contributed by atoms with Crippen LogP contribution in [0.2, 0.25) is 0 Å². The zero-order valence-corrected chi connectivity index (χ0v) is 12.4. The predicted molar refractivity (Wildman–Crippen MR) is 82.0 cm³/mol. The van der Waals surface area contributed by atoms with E-state index in [9.17, 15) is 4.79 Å². The molecule has 2 aliphatic heterocycles. The van der Waals surface area contributed by atoms with Gasteiger partial charge >= 0.3 is 0 Å². The molecule has 108 valence electrons. The van der Waals surface area contributed by atoms with Gasteiger partial charge in [0.15, 0.2) is 5.16 Å². The molecule has 0 aliphatic carbocycles. The summed E-state index contributed by atoms with van der Waals surface area (Å²) in [6, 6.07) is 10.2. The van der Waals surface area contributed by atoms with Crippen molar-refractivity contribution in [3.63, 3.8) is 0 Å². The quantitative estimate of drug-likeness (QED) is 0.760. The SMILES string of the molecule is O=c1c2c(nc3n1CCCS3)O[C@H](c1ccccc1)CC2. The number of nitrogens with zero attached hydrogens (tertiary/aromatic N) is 2. The third-order valence-electron chi connectivity index (χ3n) is 4.03. The Morgan fingerprint density at radius 1 is 1.29 bits per heavy atom. The fraction of sp³-hybridized carbons (Fsp3) is 0.375. The largest absolute Gasteiger partial charge is 0.469 e. The van der Waals surface area contributed by atoms with Crippen LogP contribution in [-0.4, -0.2) is 15.3 Å². The van der Waals surface area contributed by atoms with Crippen molar-refractivity contribution in [3.05, 3.63) is 51.8 Å². The Balaban J connectivity index is 1.73. The van der Waals surface area contributed by atoms with E-state index in [1.807, 2.05) is 18.2 Å². The second-order valence-corrected chi connectivity index (χ2v) is 6.45. The van der Waals surface area contributed by atoms with Gasteiger partial charge in [0.25, 0.3) is 5.56 Å². The minimum atomic E-state index is 0.00207. The third kappa shape index (κ3) is 2.25. The van der Waals surface area contributed by atoms with E-state index in [0.717, 1.165) is 47.8 Å². The molecule has 1 aromatic carbocycles. The molecule has 5 heteroatoms. The van der Waals surface area contributed by atoms with Crippen LogP contribution in [0.15, 0.2) is 40.3 Å². The molecule has 2 aliphatic rings.